The molecule has 0 radical (unpaired) electrons. The molecule has 8 rings (SSSR count). The van der Waals surface area contributed by atoms with E-state index in [4.69, 9.17) is 0 Å². The topological polar surface area (TPSA) is 71.3 Å². The number of amides is 1. The Bertz CT molecular complexity index is 1980. The van der Waals surface area contributed by atoms with Crippen molar-refractivity contribution >= 4 is 28.4 Å². The number of nitrogens with zero attached hydrogens (tertiary/aromatic N) is 1. The van der Waals surface area contributed by atoms with Crippen LogP contribution in [0.1, 0.15) is 122 Å². The van der Waals surface area contributed by atoms with Crippen LogP contribution in [0.15, 0.2) is 79.5 Å². The van der Waals surface area contributed by atoms with Crippen molar-refractivity contribution < 1.29 is 14.7 Å². The van der Waals surface area contributed by atoms with Crippen LogP contribution in [0.2, 0.25) is 0 Å². The molecule has 1 amide bonds. The second kappa shape index (κ2) is 17.7. The Morgan fingerprint density at radius 1 is 0.807 bits per heavy atom. The molecule has 0 saturated heterocycles. The summed E-state index contributed by atoms with van der Waals surface area (Å²) in [6.07, 6.45) is 42.4. The molecule has 0 aliphatic heterocycles. The smallest absolute Gasteiger partial charge is 0.335 e. The highest BCUT2D eigenvalue weighted by molar-refractivity contribution is 5.88. The lowest BCUT2D eigenvalue weighted by molar-refractivity contribution is -0.217. The van der Waals surface area contributed by atoms with Crippen LogP contribution in [0.4, 0.5) is 0 Å². The highest BCUT2D eigenvalue weighted by Crippen LogP contribution is 2.76. The number of nitrogens with one attached hydrogen (secondary N) is 1. The molecular weight excluding hydrogens is 701 g/mol. The van der Waals surface area contributed by atoms with E-state index in [1.54, 1.807) is 18.2 Å². The average molecular weight is 767 g/mol. The van der Waals surface area contributed by atoms with Crippen LogP contribution < -0.4 is 5.32 Å². The number of fused-ring (bicyclic) bond motifs is 8. The number of terminal acetylenes is 3. The largest absolute Gasteiger partial charge is 0.478 e. The SMILES string of the molecule is C#C.C#C.C#C.C=CC.CC1(C)C(c2ccc(C(=O)O)cc2)=CC[C@@]2(C)C1CC[C@]1(C)C2CC[C@@H]2C3CCC[C@]3(NC(=O)Cn3ccc4ccccc43)CC[C@]21C. The van der Waals surface area contributed by atoms with E-state index in [1.165, 1.54) is 61.5 Å². The van der Waals surface area contributed by atoms with Crippen molar-refractivity contribution in [1.82, 2.24) is 9.88 Å². The zero-order chi connectivity index (χ0) is 42.4. The van der Waals surface area contributed by atoms with E-state index >= 15 is 0 Å². The predicted octanol–water partition coefficient (Wildman–Crippen LogP) is 11.7. The van der Waals surface area contributed by atoms with Crippen LogP contribution in [-0.4, -0.2) is 27.1 Å². The van der Waals surface area contributed by atoms with Gasteiger partial charge in [-0.05, 0) is 151 Å². The zero-order valence-corrected chi connectivity index (χ0v) is 35.4. The molecule has 1 heterocycles. The predicted molar refractivity (Wildman–Crippen MR) is 238 cm³/mol. The van der Waals surface area contributed by atoms with Gasteiger partial charge in [0, 0.05) is 17.3 Å². The number of aromatic carboxylic acids is 1. The van der Waals surface area contributed by atoms with Gasteiger partial charge in [0.1, 0.15) is 6.54 Å². The van der Waals surface area contributed by atoms with Gasteiger partial charge < -0.3 is 15.0 Å². The third-order valence-corrected chi connectivity index (χ3v) is 15.8. The molecular formula is C52H66N2O3. The molecule has 4 fully saturated rings. The molecule has 2 N–H and O–H groups in total. The van der Waals surface area contributed by atoms with Crippen molar-refractivity contribution in [2.45, 2.75) is 118 Å². The van der Waals surface area contributed by atoms with Gasteiger partial charge in [-0.15, -0.1) is 45.1 Å². The van der Waals surface area contributed by atoms with Crippen LogP contribution in [0, 0.1) is 83.9 Å². The number of allylic oxidation sites excluding steroid dienone is 3. The van der Waals surface area contributed by atoms with E-state index in [9.17, 15) is 14.7 Å². The molecule has 4 saturated carbocycles. The van der Waals surface area contributed by atoms with Crippen LogP contribution in [0.25, 0.3) is 16.5 Å². The number of aromatic nitrogens is 1. The van der Waals surface area contributed by atoms with Gasteiger partial charge in [0.15, 0.2) is 0 Å². The van der Waals surface area contributed by atoms with Crippen molar-refractivity contribution in [2.75, 3.05) is 0 Å². The summed E-state index contributed by atoms with van der Waals surface area (Å²) in [6, 6.07) is 18.0. The van der Waals surface area contributed by atoms with Gasteiger partial charge in [0.05, 0.1) is 5.56 Å². The van der Waals surface area contributed by atoms with Crippen molar-refractivity contribution in [2.24, 2.45) is 45.3 Å². The van der Waals surface area contributed by atoms with Gasteiger partial charge >= 0.3 is 5.97 Å². The maximum Gasteiger partial charge on any atom is 0.335 e. The summed E-state index contributed by atoms with van der Waals surface area (Å²) >= 11 is 0. The normalized spacial score (nSPS) is 32.5. The highest BCUT2D eigenvalue weighted by atomic mass is 16.4. The van der Waals surface area contributed by atoms with Crippen molar-refractivity contribution in [3.05, 3.63) is 90.7 Å². The fourth-order valence-corrected chi connectivity index (χ4v) is 13.4. The number of carbonyl (C=O) groups is 2. The van der Waals surface area contributed by atoms with Crippen LogP contribution in [-0.2, 0) is 11.3 Å². The highest BCUT2D eigenvalue weighted by Gasteiger charge is 2.69. The molecule has 302 valence electrons. The molecule has 3 aromatic rings. The molecule has 5 aliphatic carbocycles. The number of carboxylic acid groups (broad SMARTS) is 1. The first-order chi connectivity index (χ1) is 27.2. The quantitative estimate of drug-likeness (QED) is 0.201. The van der Waals surface area contributed by atoms with Crippen LogP contribution in [0.5, 0.6) is 0 Å². The maximum atomic E-state index is 13.8. The monoisotopic (exact) mass is 767 g/mol. The number of hydrogen-bond acceptors (Lipinski definition) is 2. The van der Waals surface area contributed by atoms with Crippen LogP contribution in [0.3, 0.4) is 0 Å². The Kier molecular flexibility index (Phi) is 13.9. The number of carboxylic acids is 1. The van der Waals surface area contributed by atoms with E-state index < -0.39 is 5.97 Å². The van der Waals surface area contributed by atoms with Crippen molar-refractivity contribution in [3.8, 4) is 38.5 Å². The van der Waals surface area contributed by atoms with E-state index in [1.807, 2.05) is 19.1 Å². The van der Waals surface area contributed by atoms with E-state index in [0.29, 0.717) is 35.8 Å². The van der Waals surface area contributed by atoms with Gasteiger partial charge in [0.25, 0.3) is 0 Å². The molecule has 8 atom stereocenters. The van der Waals surface area contributed by atoms with Crippen molar-refractivity contribution in [3.63, 3.8) is 0 Å². The third-order valence-electron chi connectivity index (χ3n) is 15.8. The number of para-hydroxylation sites is 1. The average Bonchev–Trinajstić information content (AvgIpc) is 3.82. The number of hydrogen-bond donors (Lipinski definition) is 2. The standard InChI is InChI=1S/C43H54N2O3.C3H6.3C2H2/c1-39(2)31(28-12-14-30(15-13-28)38(47)48)18-22-40(3)35(39)19-23-42(5)36(40)17-16-32-33-10-8-21-43(33,25-24-41(32,42)4)44-37(46)27-45-26-20-29-9-6-7-11-34(29)45;1-3-2;3*1-2/h6-7,9,11-15,18,20,26,32-33,35-36H,8,10,16-17,19,21-25,27H2,1-5H3,(H,44,46)(H,47,48);3H,1H2,2H3;3*1-2H/t32-,33?,35?,36?,40+,41-,42-,43+;;;;/m1..../s1. The first kappa shape index (κ1) is 44.8. The molecule has 57 heavy (non-hydrogen) atoms. The number of benzene rings is 2. The first-order valence-corrected chi connectivity index (χ1v) is 20.7. The number of carbonyl (C=O) groups excluding carboxylic acids is 1. The molecule has 0 bridgehead atoms. The van der Waals surface area contributed by atoms with Crippen molar-refractivity contribution in [1.29, 1.82) is 0 Å². The maximum absolute atomic E-state index is 13.8. The lowest BCUT2D eigenvalue weighted by atomic mass is 9.33. The summed E-state index contributed by atoms with van der Waals surface area (Å²) in [5, 5.41) is 14.4. The van der Waals surface area contributed by atoms with E-state index in [0.717, 1.165) is 24.8 Å². The Morgan fingerprint density at radius 3 is 2.11 bits per heavy atom. The second-order valence-corrected chi connectivity index (χ2v) is 18.2. The van der Waals surface area contributed by atoms with Gasteiger partial charge in [0.2, 0.25) is 5.91 Å². The van der Waals surface area contributed by atoms with E-state index in [2.05, 4.69) is 132 Å². The first-order valence-electron chi connectivity index (χ1n) is 20.7. The van der Waals surface area contributed by atoms with Gasteiger partial charge in [-0.1, -0.05) is 83.5 Å². The number of rotatable bonds is 5. The summed E-state index contributed by atoms with van der Waals surface area (Å²) in [7, 11) is 0. The minimum absolute atomic E-state index is 0.0132. The van der Waals surface area contributed by atoms with Gasteiger partial charge in [-0.25, -0.2) is 4.79 Å². The summed E-state index contributed by atoms with van der Waals surface area (Å²) in [6.45, 7) is 18.5. The fourth-order valence-electron chi connectivity index (χ4n) is 13.4. The lowest BCUT2D eigenvalue weighted by Crippen LogP contribution is -2.67. The van der Waals surface area contributed by atoms with Gasteiger partial charge in [-0.2, -0.15) is 0 Å². The minimum atomic E-state index is -0.868. The van der Waals surface area contributed by atoms with Crippen LogP contribution >= 0.6 is 0 Å². The van der Waals surface area contributed by atoms with E-state index in [-0.39, 0.29) is 33.1 Å². The molecule has 0 spiro atoms. The Morgan fingerprint density at radius 2 is 1.46 bits per heavy atom. The Hall–Kier alpha value is -4.92. The molecule has 3 unspecified atom stereocenters. The summed E-state index contributed by atoms with van der Waals surface area (Å²) in [5.41, 5.74) is 4.77. The summed E-state index contributed by atoms with van der Waals surface area (Å²) in [4.78, 5) is 25.3. The summed E-state index contributed by atoms with van der Waals surface area (Å²) in [5.74, 6) is 1.77. The molecule has 5 aliphatic rings. The van der Waals surface area contributed by atoms with Gasteiger partial charge in [-0.3, -0.25) is 4.79 Å². The summed E-state index contributed by atoms with van der Waals surface area (Å²) < 4.78 is 2.11. The molecule has 2 aromatic carbocycles. The molecule has 5 nitrogen and oxygen atoms in total. The molecule has 1 aromatic heterocycles. The fraction of sp³-hybridized carbons (Fsp3) is 0.500. The minimum Gasteiger partial charge on any atom is -0.478 e. The second-order valence-electron chi connectivity index (χ2n) is 18.2. The molecule has 5 heteroatoms. The third kappa shape index (κ3) is 7.50. The Labute approximate surface area is 344 Å². The zero-order valence-electron chi connectivity index (χ0n) is 35.4. The lowest BCUT2D eigenvalue weighted by Gasteiger charge is -2.72. The Balaban J connectivity index is 0.000000744.